The van der Waals surface area contributed by atoms with Gasteiger partial charge in [0.15, 0.2) is 0 Å². The van der Waals surface area contributed by atoms with Gasteiger partial charge in [0.1, 0.15) is 5.82 Å². The average Bonchev–Trinajstić information content (AvgIpc) is 2.83. The molecule has 92 valence electrons. The molecule has 4 heteroatoms. The molecular formula is C13H15BrFNO. The fraction of sp³-hybridized carbons (Fsp3) is 0.538. The smallest absolute Gasteiger partial charge is 0.126 e. The number of benzene rings is 1. The maximum atomic E-state index is 13.7. The van der Waals surface area contributed by atoms with Crippen LogP contribution in [0.3, 0.4) is 0 Å². The van der Waals surface area contributed by atoms with Crippen molar-refractivity contribution in [2.45, 2.75) is 43.4 Å². The molecule has 2 fully saturated rings. The van der Waals surface area contributed by atoms with Gasteiger partial charge in [-0.05, 0) is 49.4 Å². The fourth-order valence-electron chi connectivity index (χ4n) is 3.05. The van der Waals surface area contributed by atoms with Crippen LogP contribution in [0.4, 0.5) is 4.39 Å². The van der Waals surface area contributed by atoms with E-state index < -0.39 is 0 Å². The summed E-state index contributed by atoms with van der Waals surface area (Å²) in [6.07, 6.45) is 3.91. The van der Waals surface area contributed by atoms with Gasteiger partial charge in [-0.1, -0.05) is 15.9 Å². The highest BCUT2D eigenvalue weighted by atomic mass is 79.9. The Morgan fingerprint density at radius 2 is 2.29 bits per heavy atom. The largest absolute Gasteiger partial charge is 0.373 e. The zero-order chi connectivity index (χ0) is 12.0. The minimum Gasteiger partial charge on any atom is -0.373 e. The predicted molar refractivity (Wildman–Crippen MR) is 67.2 cm³/mol. The van der Waals surface area contributed by atoms with Gasteiger partial charge in [0.05, 0.1) is 12.2 Å². The molecule has 1 aromatic rings. The number of rotatable bonds is 2. The Labute approximate surface area is 108 Å². The number of ether oxygens (including phenoxy) is 1. The van der Waals surface area contributed by atoms with E-state index in [1.165, 1.54) is 6.07 Å². The van der Waals surface area contributed by atoms with Crippen molar-refractivity contribution in [1.29, 1.82) is 0 Å². The SMILES string of the molecule is NC1(Cc2cc(Br)ccc2F)CC2CCC1O2. The minimum absolute atomic E-state index is 0.103. The maximum Gasteiger partial charge on any atom is 0.126 e. The Kier molecular flexibility index (Phi) is 2.76. The molecule has 2 nitrogen and oxygen atoms in total. The molecule has 2 aliphatic rings. The van der Waals surface area contributed by atoms with Crippen molar-refractivity contribution in [2.24, 2.45) is 5.73 Å². The zero-order valence-electron chi connectivity index (χ0n) is 9.46. The number of hydrogen-bond donors (Lipinski definition) is 1. The Morgan fingerprint density at radius 3 is 2.94 bits per heavy atom. The molecule has 3 rings (SSSR count). The molecule has 2 saturated heterocycles. The molecule has 2 bridgehead atoms. The lowest BCUT2D eigenvalue weighted by Crippen LogP contribution is -2.50. The molecule has 0 radical (unpaired) electrons. The molecule has 3 unspecified atom stereocenters. The highest BCUT2D eigenvalue weighted by Gasteiger charge is 2.50. The molecule has 17 heavy (non-hydrogen) atoms. The normalized spacial score (nSPS) is 35.5. The van der Waals surface area contributed by atoms with Crippen molar-refractivity contribution in [2.75, 3.05) is 0 Å². The highest BCUT2D eigenvalue weighted by molar-refractivity contribution is 9.10. The second-order valence-corrected chi connectivity index (χ2v) is 6.09. The fourth-order valence-corrected chi connectivity index (χ4v) is 3.46. The molecule has 3 atom stereocenters. The summed E-state index contributed by atoms with van der Waals surface area (Å²) in [5.74, 6) is -0.180. The molecule has 0 amide bonds. The third-order valence-corrected chi connectivity index (χ3v) is 4.38. The van der Waals surface area contributed by atoms with Gasteiger partial charge in [-0.3, -0.25) is 0 Å². The summed E-state index contributed by atoms with van der Waals surface area (Å²) in [6, 6.07) is 5.01. The van der Waals surface area contributed by atoms with Gasteiger partial charge < -0.3 is 10.5 Å². The van der Waals surface area contributed by atoms with E-state index in [4.69, 9.17) is 10.5 Å². The van der Waals surface area contributed by atoms with Gasteiger partial charge in [0.2, 0.25) is 0 Å². The van der Waals surface area contributed by atoms with Crippen LogP contribution in [0.5, 0.6) is 0 Å². The first kappa shape index (κ1) is 11.6. The van der Waals surface area contributed by atoms with E-state index in [0.717, 1.165) is 23.7 Å². The van der Waals surface area contributed by atoms with Crippen LogP contribution in [0.15, 0.2) is 22.7 Å². The first-order chi connectivity index (χ1) is 8.07. The van der Waals surface area contributed by atoms with Crippen LogP contribution in [-0.2, 0) is 11.2 Å². The van der Waals surface area contributed by atoms with Crippen LogP contribution in [0.25, 0.3) is 0 Å². The van der Waals surface area contributed by atoms with Crippen LogP contribution >= 0.6 is 15.9 Å². The van der Waals surface area contributed by atoms with Crippen LogP contribution < -0.4 is 5.73 Å². The van der Waals surface area contributed by atoms with Gasteiger partial charge in [-0.25, -0.2) is 4.39 Å². The lowest BCUT2D eigenvalue weighted by Gasteiger charge is -2.31. The Hall–Kier alpha value is -0.450. The third-order valence-electron chi connectivity index (χ3n) is 3.88. The van der Waals surface area contributed by atoms with Crippen molar-refractivity contribution in [3.8, 4) is 0 Å². The van der Waals surface area contributed by atoms with Crippen molar-refractivity contribution in [3.63, 3.8) is 0 Å². The summed E-state index contributed by atoms with van der Waals surface area (Å²) in [5, 5.41) is 0. The summed E-state index contributed by atoms with van der Waals surface area (Å²) in [4.78, 5) is 0. The standard InChI is InChI=1S/C13H15BrFNO/c14-9-1-3-11(15)8(5-9)6-13(16)7-10-2-4-12(13)17-10/h1,3,5,10,12H,2,4,6-7,16H2. The Bertz CT molecular complexity index is 453. The lowest BCUT2D eigenvalue weighted by molar-refractivity contribution is 0.0855. The number of hydrogen-bond acceptors (Lipinski definition) is 2. The quantitative estimate of drug-likeness (QED) is 0.911. The summed E-state index contributed by atoms with van der Waals surface area (Å²) >= 11 is 3.37. The van der Waals surface area contributed by atoms with Crippen LogP contribution in [0.1, 0.15) is 24.8 Å². The van der Waals surface area contributed by atoms with E-state index in [2.05, 4.69) is 15.9 Å². The molecule has 2 N–H and O–H groups in total. The van der Waals surface area contributed by atoms with Crippen LogP contribution in [0, 0.1) is 5.82 Å². The Balaban J connectivity index is 1.85. The molecule has 0 aliphatic carbocycles. The summed E-state index contributed by atoms with van der Waals surface area (Å²) in [5.41, 5.74) is 6.68. The van der Waals surface area contributed by atoms with E-state index in [-0.39, 0.29) is 17.5 Å². The maximum absolute atomic E-state index is 13.7. The predicted octanol–water partition coefficient (Wildman–Crippen LogP) is 2.78. The van der Waals surface area contributed by atoms with Gasteiger partial charge in [0, 0.05) is 10.0 Å². The van der Waals surface area contributed by atoms with Crippen LogP contribution in [0.2, 0.25) is 0 Å². The molecule has 1 aromatic carbocycles. The number of fused-ring (bicyclic) bond motifs is 2. The topological polar surface area (TPSA) is 35.2 Å². The van der Waals surface area contributed by atoms with Crippen molar-refractivity contribution < 1.29 is 9.13 Å². The van der Waals surface area contributed by atoms with Crippen molar-refractivity contribution >= 4 is 15.9 Å². The lowest BCUT2D eigenvalue weighted by atomic mass is 9.78. The third kappa shape index (κ3) is 2.02. The molecule has 0 saturated carbocycles. The summed E-state index contributed by atoms with van der Waals surface area (Å²) < 4.78 is 20.4. The van der Waals surface area contributed by atoms with E-state index in [9.17, 15) is 4.39 Å². The minimum atomic E-state index is -0.384. The van der Waals surface area contributed by atoms with E-state index in [0.29, 0.717) is 18.1 Å². The van der Waals surface area contributed by atoms with E-state index in [1.54, 1.807) is 6.07 Å². The van der Waals surface area contributed by atoms with Gasteiger partial charge in [-0.15, -0.1) is 0 Å². The summed E-state index contributed by atoms with van der Waals surface area (Å²) in [6.45, 7) is 0. The van der Waals surface area contributed by atoms with E-state index in [1.807, 2.05) is 6.07 Å². The Morgan fingerprint density at radius 1 is 1.47 bits per heavy atom. The monoisotopic (exact) mass is 299 g/mol. The first-order valence-electron chi connectivity index (χ1n) is 5.95. The van der Waals surface area contributed by atoms with Gasteiger partial charge >= 0.3 is 0 Å². The average molecular weight is 300 g/mol. The summed E-state index contributed by atoms with van der Waals surface area (Å²) in [7, 11) is 0. The molecular weight excluding hydrogens is 285 g/mol. The second-order valence-electron chi connectivity index (χ2n) is 5.17. The van der Waals surface area contributed by atoms with Gasteiger partial charge in [-0.2, -0.15) is 0 Å². The molecule has 2 heterocycles. The van der Waals surface area contributed by atoms with Crippen LogP contribution in [-0.4, -0.2) is 17.7 Å². The molecule has 0 spiro atoms. The van der Waals surface area contributed by atoms with Gasteiger partial charge in [0.25, 0.3) is 0 Å². The molecule has 0 aromatic heterocycles. The zero-order valence-corrected chi connectivity index (χ0v) is 11.0. The molecule has 2 aliphatic heterocycles. The van der Waals surface area contributed by atoms with Crippen molar-refractivity contribution in [1.82, 2.24) is 0 Å². The van der Waals surface area contributed by atoms with Crippen molar-refractivity contribution in [3.05, 3.63) is 34.1 Å². The second kappa shape index (κ2) is 4.04. The first-order valence-corrected chi connectivity index (χ1v) is 6.74. The van der Waals surface area contributed by atoms with E-state index >= 15 is 0 Å². The number of halogens is 2. The highest BCUT2D eigenvalue weighted by Crippen LogP contribution is 2.42. The number of nitrogens with two attached hydrogens (primary N) is 1.